The number of hydrogen-bond donors (Lipinski definition) is 2. The summed E-state index contributed by atoms with van der Waals surface area (Å²) in [6.45, 7) is 0. The van der Waals surface area contributed by atoms with Crippen LogP contribution in [0.1, 0.15) is 0 Å². The molecule has 1 rings (SSSR count). The van der Waals surface area contributed by atoms with Crippen LogP contribution < -0.4 is 21.1 Å². The summed E-state index contributed by atoms with van der Waals surface area (Å²) in [7, 11) is 3.45. The molecule has 7 heteroatoms. The van der Waals surface area contributed by atoms with Crippen molar-refractivity contribution in [2.24, 2.45) is 0 Å². The van der Waals surface area contributed by atoms with E-state index in [0.717, 1.165) is 0 Å². The van der Waals surface area contributed by atoms with Gasteiger partial charge in [0.1, 0.15) is 0 Å². The fraction of sp³-hybridized carbons (Fsp3) is 0.400. The maximum absolute atomic E-state index is 10.9. The Morgan fingerprint density at radius 1 is 1.25 bits per heavy atom. The SMILES string of the molecule is CN(C)c1nc(N)[n+]([O-])c(N)n1. The molecule has 0 spiro atoms. The van der Waals surface area contributed by atoms with Crippen molar-refractivity contribution < 1.29 is 4.73 Å². The molecule has 0 aliphatic heterocycles. The summed E-state index contributed by atoms with van der Waals surface area (Å²) in [4.78, 5) is 9.00. The highest BCUT2D eigenvalue weighted by Gasteiger charge is 2.11. The zero-order valence-electron chi connectivity index (χ0n) is 6.85. The van der Waals surface area contributed by atoms with Gasteiger partial charge in [-0.25, -0.2) is 4.73 Å². The zero-order valence-corrected chi connectivity index (χ0v) is 6.85. The van der Waals surface area contributed by atoms with Gasteiger partial charge in [-0.3, -0.25) is 0 Å². The second-order valence-corrected chi connectivity index (χ2v) is 2.43. The van der Waals surface area contributed by atoms with E-state index in [4.69, 9.17) is 11.5 Å². The number of hydrogen-bond acceptors (Lipinski definition) is 6. The molecule has 0 aliphatic rings. The van der Waals surface area contributed by atoms with Gasteiger partial charge >= 0.3 is 17.8 Å². The third-order valence-corrected chi connectivity index (χ3v) is 1.25. The highest BCUT2D eigenvalue weighted by Crippen LogP contribution is 2.03. The van der Waals surface area contributed by atoms with Gasteiger partial charge in [0, 0.05) is 14.1 Å². The summed E-state index contributed by atoms with van der Waals surface area (Å²) in [6, 6.07) is 0. The minimum Gasteiger partial charge on any atom is -0.762 e. The highest BCUT2D eigenvalue weighted by molar-refractivity contribution is 5.33. The van der Waals surface area contributed by atoms with Crippen LogP contribution in [-0.4, -0.2) is 24.1 Å². The quantitative estimate of drug-likeness (QED) is 0.386. The zero-order chi connectivity index (χ0) is 9.30. The van der Waals surface area contributed by atoms with E-state index in [0.29, 0.717) is 5.95 Å². The van der Waals surface area contributed by atoms with E-state index in [2.05, 4.69) is 9.97 Å². The minimum absolute atomic E-state index is 0.203. The average molecular weight is 170 g/mol. The largest absolute Gasteiger partial charge is 0.762 e. The van der Waals surface area contributed by atoms with Crippen molar-refractivity contribution >= 4 is 17.8 Å². The van der Waals surface area contributed by atoms with E-state index in [-0.39, 0.29) is 16.6 Å². The molecule has 0 atom stereocenters. The summed E-state index contributed by atoms with van der Waals surface area (Å²) in [6.07, 6.45) is 0. The molecule has 1 aromatic heterocycles. The molecule has 1 aromatic rings. The molecule has 0 bridgehead atoms. The van der Waals surface area contributed by atoms with E-state index < -0.39 is 0 Å². The molecule has 0 aliphatic carbocycles. The van der Waals surface area contributed by atoms with E-state index in [9.17, 15) is 5.21 Å². The predicted molar refractivity (Wildman–Crippen MR) is 44.1 cm³/mol. The molecule has 0 saturated heterocycles. The molecule has 0 unspecified atom stereocenters. The lowest BCUT2D eigenvalue weighted by Gasteiger charge is -2.11. The summed E-state index contributed by atoms with van der Waals surface area (Å²) >= 11 is 0. The van der Waals surface area contributed by atoms with Crippen LogP contribution in [0, 0.1) is 5.21 Å². The number of rotatable bonds is 1. The lowest BCUT2D eigenvalue weighted by atomic mass is 10.7. The lowest BCUT2D eigenvalue weighted by Crippen LogP contribution is -2.37. The van der Waals surface area contributed by atoms with Crippen molar-refractivity contribution in [1.29, 1.82) is 0 Å². The predicted octanol–water partition coefficient (Wildman–Crippen LogP) is -1.66. The lowest BCUT2D eigenvalue weighted by molar-refractivity contribution is -0.579. The molecular weight excluding hydrogens is 160 g/mol. The van der Waals surface area contributed by atoms with Crippen LogP contribution in [0.15, 0.2) is 0 Å². The maximum atomic E-state index is 10.9. The van der Waals surface area contributed by atoms with E-state index in [1.54, 1.807) is 19.0 Å². The van der Waals surface area contributed by atoms with E-state index >= 15 is 0 Å². The van der Waals surface area contributed by atoms with Gasteiger partial charge in [-0.15, -0.1) is 0 Å². The number of nitrogen functional groups attached to an aromatic ring is 2. The number of aromatic nitrogens is 3. The molecule has 0 saturated carbocycles. The van der Waals surface area contributed by atoms with Crippen molar-refractivity contribution in [2.45, 2.75) is 0 Å². The standard InChI is InChI=1S/C5H10N6O/c1-10(2)5-8-3(6)11(12)4(7)9-5/h1-2H3,(H4,6,7,8,9). The molecule has 7 nitrogen and oxygen atoms in total. The molecule has 0 aromatic carbocycles. The van der Waals surface area contributed by atoms with Gasteiger partial charge < -0.3 is 21.6 Å². The summed E-state index contributed by atoms with van der Waals surface area (Å²) in [5.74, 6) is -0.0884. The molecule has 0 amide bonds. The van der Waals surface area contributed by atoms with Crippen molar-refractivity contribution in [3.63, 3.8) is 0 Å². The topological polar surface area (TPSA) is 108 Å². The first kappa shape index (κ1) is 8.31. The second kappa shape index (κ2) is 2.68. The third kappa shape index (κ3) is 1.29. The van der Waals surface area contributed by atoms with Crippen molar-refractivity contribution in [3.8, 4) is 0 Å². The van der Waals surface area contributed by atoms with Gasteiger partial charge in [0.2, 0.25) is 0 Å². The van der Waals surface area contributed by atoms with Crippen LogP contribution in [0.2, 0.25) is 0 Å². The van der Waals surface area contributed by atoms with Gasteiger partial charge in [-0.05, 0) is 0 Å². The summed E-state index contributed by atoms with van der Waals surface area (Å²) in [5.41, 5.74) is 10.5. The number of nitrogens with zero attached hydrogens (tertiary/aromatic N) is 4. The van der Waals surface area contributed by atoms with Crippen molar-refractivity contribution in [2.75, 3.05) is 30.5 Å². The van der Waals surface area contributed by atoms with Crippen LogP contribution in [0.3, 0.4) is 0 Å². The first-order valence-electron chi connectivity index (χ1n) is 3.22. The van der Waals surface area contributed by atoms with Gasteiger partial charge in [0.05, 0.1) is 0 Å². The fourth-order valence-corrected chi connectivity index (χ4v) is 0.638. The first-order chi connectivity index (χ1) is 5.52. The number of nitrogens with two attached hydrogens (primary N) is 2. The fourth-order valence-electron chi connectivity index (χ4n) is 0.638. The highest BCUT2D eigenvalue weighted by atomic mass is 16.5. The average Bonchev–Trinajstić information content (AvgIpc) is 1.99. The van der Waals surface area contributed by atoms with Crippen LogP contribution in [-0.2, 0) is 0 Å². The molecule has 0 fully saturated rings. The smallest absolute Gasteiger partial charge is 0.322 e. The van der Waals surface area contributed by atoms with E-state index in [1.165, 1.54) is 0 Å². The van der Waals surface area contributed by atoms with Crippen LogP contribution in [0.25, 0.3) is 0 Å². The van der Waals surface area contributed by atoms with Gasteiger partial charge in [-0.1, -0.05) is 9.97 Å². The summed E-state index contributed by atoms with van der Waals surface area (Å²) in [5, 5.41) is 10.9. The maximum Gasteiger partial charge on any atom is 0.322 e. The van der Waals surface area contributed by atoms with Crippen molar-refractivity contribution in [1.82, 2.24) is 9.97 Å². The van der Waals surface area contributed by atoms with Gasteiger partial charge in [0.15, 0.2) is 0 Å². The Labute approximate surface area is 69.2 Å². The molecule has 12 heavy (non-hydrogen) atoms. The summed E-state index contributed by atoms with van der Waals surface area (Å²) < 4.78 is 0.271. The van der Waals surface area contributed by atoms with Crippen LogP contribution in [0.5, 0.6) is 0 Å². The molecule has 1 heterocycles. The Morgan fingerprint density at radius 3 is 2.00 bits per heavy atom. The third-order valence-electron chi connectivity index (χ3n) is 1.25. The molecule has 66 valence electrons. The van der Waals surface area contributed by atoms with Crippen molar-refractivity contribution in [3.05, 3.63) is 5.21 Å². The van der Waals surface area contributed by atoms with Gasteiger partial charge in [-0.2, -0.15) is 0 Å². The Bertz CT molecular complexity index is 275. The normalized spacial score (nSPS) is 9.83. The first-order valence-corrected chi connectivity index (χ1v) is 3.22. The monoisotopic (exact) mass is 170 g/mol. The van der Waals surface area contributed by atoms with Gasteiger partial charge in [0.25, 0.3) is 0 Å². The Balaban J connectivity index is 3.21. The Hall–Kier alpha value is -1.79. The Morgan fingerprint density at radius 2 is 1.67 bits per heavy atom. The second-order valence-electron chi connectivity index (χ2n) is 2.43. The number of anilines is 3. The van der Waals surface area contributed by atoms with Crippen LogP contribution >= 0.6 is 0 Å². The van der Waals surface area contributed by atoms with Crippen LogP contribution in [0.4, 0.5) is 17.8 Å². The molecule has 4 N–H and O–H groups in total. The molecular formula is C5H10N6O. The Kier molecular flexibility index (Phi) is 1.86. The minimum atomic E-state index is -0.203. The molecule has 0 radical (unpaired) electrons. The van der Waals surface area contributed by atoms with E-state index in [1.807, 2.05) is 0 Å².